The molecule has 0 spiro atoms. The van der Waals surface area contributed by atoms with Crippen molar-refractivity contribution in [3.63, 3.8) is 0 Å². The van der Waals surface area contributed by atoms with Crippen LogP contribution in [0.4, 0.5) is 0 Å². The first-order valence-corrected chi connectivity index (χ1v) is 8.98. The Kier molecular flexibility index (Phi) is 2.99. The van der Waals surface area contributed by atoms with Gasteiger partial charge in [-0.15, -0.1) is 21.8 Å². The Balaban J connectivity index is 1.81. The molecular weight excluding hydrogens is 282 g/mol. The van der Waals surface area contributed by atoms with Crippen LogP contribution in [0, 0.1) is 17.3 Å². The van der Waals surface area contributed by atoms with Gasteiger partial charge in [-0.2, -0.15) is 0 Å². The van der Waals surface area contributed by atoms with Crippen LogP contribution in [0.2, 0.25) is 0 Å². The van der Waals surface area contributed by atoms with Crippen LogP contribution >= 0.6 is 11.6 Å². The second-order valence-electron chi connectivity index (χ2n) is 8.59. The van der Waals surface area contributed by atoms with Gasteiger partial charge in [0, 0.05) is 11.5 Å². The minimum Gasteiger partial charge on any atom is -0.311 e. The highest BCUT2D eigenvalue weighted by atomic mass is 35.5. The van der Waals surface area contributed by atoms with Crippen molar-refractivity contribution in [2.45, 2.75) is 76.6 Å². The molecular formula is C17H26ClN3. The molecule has 4 bridgehead atoms. The minimum absolute atomic E-state index is 0.278. The van der Waals surface area contributed by atoms with Gasteiger partial charge in [-0.1, -0.05) is 6.92 Å². The van der Waals surface area contributed by atoms with Crippen LogP contribution < -0.4 is 0 Å². The van der Waals surface area contributed by atoms with Gasteiger partial charge >= 0.3 is 0 Å². The van der Waals surface area contributed by atoms with E-state index in [1.165, 1.54) is 44.3 Å². The van der Waals surface area contributed by atoms with Gasteiger partial charge in [0.1, 0.15) is 11.6 Å². The third-order valence-electron chi connectivity index (χ3n) is 6.23. The molecule has 0 aliphatic heterocycles. The van der Waals surface area contributed by atoms with Crippen LogP contribution in [0.1, 0.15) is 77.0 Å². The molecule has 0 radical (unpaired) electrons. The number of rotatable bonds is 3. The van der Waals surface area contributed by atoms with Crippen molar-refractivity contribution in [2.24, 2.45) is 17.3 Å². The molecule has 21 heavy (non-hydrogen) atoms. The average Bonchev–Trinajstić information content (AvgIpc) is 2.80. The fourth-order valence-electron chi connectivity index (χ4n) is 6.30. The van der Waals surface area contributed by atoms with E-state index >= 15 is 0 Å². The van der Waals surface area contributed by atoms with Crippen LogP contribution in [-0.2, 0) is 11.3 Å². The van der Waals surface area contributed by atoms with Gasteiger partial charge in [0.05, 0.1) is 5.88 Å². The number of halogens is 1. The SMILES string of the molecule is CC(C)n1c(CCl)nnc1C12CC3CC(CC(C)(C3)C1)C2. The summed E-state index contributed by atoms with van der Waals surface area (Å²) in [4.78, 5) is 0. The molecule has 2 atom stereocenters. The summed E-state index contributed by atoms with van der Waals surface area (Å²) in [6, 6.07) is 0.393. The molecule has 116 valence electrons. The molecule has 5 rings (SSSR count). The number of hydrogen-bond donors (Lipinski definition) is 0. The first-order valence-electron chi connectivity index (χ1n) is 8.45. The highest BCUT2D eigenvalue weighted by molar-refractivity contribution is 6.16. The molecule has 0 aromatic carbocycles. The monoisotopic (exact) mass is 307 g/mol. The molecule has 0 amide bonds. The Labute approximate surface area is 132 Å². The lowest BCUT2D eigenvalue weighted by molar-refractivity contribution is -0.0664. The molecule has 4 aliphatic carbocycles. The van der Waals surface area contributed by atoms with Crippen molar-refractivity contribution < 1.29 is 0 Å². The van der Waals surface area contributed by atoms with Crippen molar-refractivity contribution >= 4 is 11.6 Å². The van der Waals surface area contributed by atoms with Crippen molar-refractivity contribution in [3.8, 4) is 0 Å². The zero-order valence-electron chi connectivity index (χ0n) is 13.4. The van der Waals surface area contributed by atoms with Crippen molar-refractivity contribution in [3.05, 3.63) is 11.6 Å². The lowest BCUT2D eigenvalue weighted by atomic mass is 9.44. The van der Waals surface area contributed by atoms with E-state index in [4.69, 9.17) is 11.6 Å². The van der Waals surface area contributed by atoms with E-state index in [-0.39, 0.29) is 5.41 Å². The van der Waals surface area contributed by atoms with E-state index in [1.54, 1.807) is 0 Å². The quantitative estimate of drug-likeness (QED) is 0.772. The summed E-state index contributed by atoms with van der Waals surface area (Å²) in [6.45, 7) is 6.97. The summed E-state index contributed by atoms with van der Waals surface area (Å²) in [6.07, 6.45) is 8.28. The lowest BCUT2D eigenvalue weighted by Crippen LogP contribution is -2.54. The largest absolute Gasteiger partial charge is 0.311 e. The number of alkyl halides is 1. The van der Waals surface area contributed by atoms with Crippen LogP contribution in [0.5, 0.6) is 0 Å². The zero-order valence-corrected chi connectivity index (χ0v) is 14.2. The molecule has 1 aromatic heterocycles. The van der Waals surface area contributed by atoms with Gasteiger partial charge in [0.15, 0.2) is 0 Å². The molecule has 4 saturated carbocycles. The van der Waals surface area contributed by atoms with E-state index in [9.17, 15) is 0 Å². The van der Waals surface area contributed by atoms with E-state index < -0.39 is 0 Å². The molecule has 4 heteroatoms. The smallest absolute Gasteiger partial charge is 0.148 e. The predicted octanol–water partition coefficient (Wildman–Crippen LogP) is 4.46. The number of aromatic nitrogens is 3. The first-order chi connectivity index (χ1) is 9.95. The molecule has 1 heterocycles. The van der Waals surface area contributed by atoms with Crippen LogP contribution in [-0.4, -0.2) is 14.8 Å². The van der Waals surface area contributed by atoms with Gasteiger partial charge < -0.3 is 4.57 Å². The number of hydrogen-bond acceptors (Lipinski definition) is 2. The van der Waals surface area contributed by atoms with Gasteiger partial charge in [-0.25, -0.2) is 0 Å². The van der Waals surface area contributed by atoms with Gasteiger partial charge in [0.25, 0.3) is 0 Å². The maximum atomic E-state index is 6.10. The highest BCUT2D eigenvalue weighted by Gasteiger charge is 2.58. The van der Waals surface area contributed by atoms with Gasteiger partial charge in [0.2, 0.25) is 0 Å². The van der Waals surface area contributed by atoms with Gasteiger partial charge in [-0.05, 0) is 69.6 Å². The Morgan fingerprint density at radius 1 is 1.19 bits per heavy atom. The number of nitrogens with zero attached hydrogens (tertiary/aromatic N) is 3. The Bertz CT molecular complexity index is 548. The van der Waals surface area contributed by atoms with E-state index in [1.807, 2.05) is 0 Å². The van der Waals surface area contributed by atoms with Crippen molar-refractivity contribution in [1.82, 2.24) is 14.8 Å². The van der Waals surface area contributed by atoms with Crippen molar-refractivity contribution in [1.29, 1.82) is 0 Å². The summed E-state index contributed by atoms with van der Waals surface area (Å²) in [7, 11) is 0. The molecule has 2 unspecified atom stereocenters. The van der Waals surface area contributed by atoms with Gasteiger partial charge in [-0.3, -0.25) is 0 Å². The first kappa shape index (κ1) is 14.0. The fourth-order valence-corrected chi connectivity index (χ4v) is 6.48. The second-order valence-corrected chi connectivity index (χ2v) is 8.86. The molecule has 3 nitrogen and oxygen atoms in total. The second kappa shape index (κ2) is 4.47. The molecule has 4 aliphatic rings. The average molecular weight is 308 g/mol. The summed E-state index contributed by atoms with van der Waals surface area (Å²) in [5, 5.41) is 9.07. The standard InChI is InChI=1S/C17H26ClN3/c1-11(2)21-14(9-18)19-20-15(21)17-7-12-4-13(8-17)6-16(3,5-12)10-17/h11-13H,4-10H2,1-3H3. The van der Waals surface area contributed by atoms with Crippen molar-refractivity contribution in [2.75, 3.05) is 0 Å². The Morgan fingerprint density at radius 3 is 2.38 bits per heavy atom. The Morgan fingerprint density at radius 2 is 1.86 bits per heavy atom. The van der Waals surface area contributed by atoms with Crippen LogP contribution in [0.3, 0.4) is 0 Å². The fraction of sp³-hybridized carbons (Fsp3) is 0.882. The minimum atomic E-state index is 0.278. The summed E-state index contributed by atoms with van der Waals surface area (Å²) < 4.78 is 2.34. The lowest BCUT2D eigenvalue weighted by Gasteiger charge is -2.60. The molecule has 0 N–H and O–H groups in total. The molecule has 0 saturated heterocycles. The van der Waals surface area contributed by atoms with E-state index in [2.05, 4.69) is 35.5 Å². The van der Waals surface area contributed by atoms with Crippen LogP contribution in [0.15, 0.2) is 0 Å². The summed E-state index contributed by atoms with van der Waals surface area (Å²) in [5.74, 6) is 4.47. The van der Waals surface area contributed by atoms with E-state index in [0.717, 1.165) is 17.7 Å². The molecule has 4 fully saturated rings. The summed E-state index contributed by atoms with van der Waals surface area (Å²) >= 11 is 6.10. The maximum absolute atomic E-state index is 6.10. The van der Waals surface area contributed by atoms with E-state index in [0.29, 0.717) is 17.3 Å². The third kappa shape index (κ3) is 1.99. The normalized spacial score (nSPS) is 41.2. The topological polar surface area (TPSA) is 30.7 Å². The molecule has 1 aromatic rings. The highest BCUT2D eigenvalue weighted by Crippen LogP contribution is 2.65. The summed E-state index contributed by atoms with van der Waals surface area (Å²) in [5.41, 5.74) is 0.819. The third-order valence-corrected chi connectivity index (χ3v) is 6.47. The van der Waals surface area contributed by atoms with Crippen LogP contribution in [0.25, 0.3) is 0 Å². The maximum Gasteiger partial charge on any atom is 0.148 e. The zero-order chi connectivity index (χ0) is 14.8. The Hall–Kier alpha value is -0.570. The predicted molar refractivity (Wildman–Crippen MR) is 84.4 cm³/mol.